The van der Waals surface area contributed by atoms with Gasteiger partial charge in [-0.2, -0.15) is 0 Å². The van der Waals surface area contributed by atoms with E-state index in [4.69, 9.17) is 0 Å². The van der Waals surface area contributed by atoms with Crippen molar-refractivity contribution in [2.45, 2.75) is 50.0 Å². The number of carbonyl (C=O) groups excluding carboxylic acids is 3. The highest BCUT2D eigenvalue weighted by Gasteiger charge is 2.44. The van der Waals surface area contributed by atoms with Gasteiger partial charge in [0.1, 0.15) is 17.8 Å². The lowest BCUT2D eigenvalue weighted by atomic mass is 9.99. The van der Waals surface area contributed by atoms with Gasteiger partial charge in [0, 0.05) is 63.0 Å². The van der Waals surface area contributed by atoms with E-state index < -0.39 is 29.9 Å². The van der Waals surface area contributed by atoms with Gasteiger partial charge in [0.15, 0.2) is 5.82 Å². The number of hydrogen-bond acceptors (Lipinski definition) is 12. The van der Waals surface area contributed by atoms with E-state index in [0.29, 0.717) is 40.8 Å². The molecule has 5 aliphatic heterocycles. The van der Waals surface area contributed by atoms with Gasteiger partial charge in [0.2, 0.25) is 5.91 Å². The van der Waals surface area contributed by atoms with E-state index in [1.165, 1.54) is 18.2 Å². The number of nitrogens with zero attached hydrogens (tertiary/aromatic N) is 6. The molecule has 3 aromatic rings. The fraction of sp³-hybridized carbons (Fsp3) is 0.457. The lowest BCUT2D eigenvalue weighted by Crippen LogP contribution is -2.61. The summed E-state index contributed by atoms with van der Waals surface area (Å²) in [6, 6.07) is 10.8. The van der Waals surface area contributed by atoms with Crippen molar-refractivity contribution in [1.29, 1.82) is 0 Å². The van der Waals surface area contributed by atoms with E-state index in [9.17, 15) is 29.0 Å². The SMILES string of the molecule is O=C1CCC(N2C(=O)c3ccc(NCCN4CCC(N5CCN6c7cc(-c8cc(F)ccc8O)nnc7NC[C@H]6C5)CC4)cc3C2=O)C(O)N1. The van der Waals surface area contributed by atoms with Crippen LogP contribution in [-0.4, -0.2) is 130 Å². The summed E-state index contributed by atoms with van der Waals surface area (Å²) in [6.45, 7) is 6.96. The van der Waals surface area contributed by atoms with Crippen LogP contribution in [0.15, 0.2) is 42.5 Å². The van der Waals surface area contributed by atoms with E-state index in [1.807, 2.05) is 6.07 Å². The van der Waals surface area contributed by atoms with Gasteiger partial charge in [-0.1, -0.05) is 0 Å². The number of amides is 3. The molecule has 0 saturated carbocycles. The van der Waals surface area contributed by atoms with E-state index in [1.54, 1.807) is 18.2 Å². The Kier molecular flexibility index (Phi) is 8.49. The van der Waals surface area contributed by atoms with E-state index in [0.717, 1.165) is 74.9 Å². The molecule has 1 aromatic heterocycles. The molecule has 3 fully saturated rings. The number of nitrogens with one attached hydrogen (secondary N) is 3. The number of fused-ring (bicyclic) bond motifs is 4. The summed E-state index contributed by atoms with van der Waals surface area (Å²) in [6.07, 6.45) is 1.24. The fourth-order valence-corrected chi connectivity index (χ4v) is 8.07. The predicted molar refractivity (Wildman–Crippen MR) is 182 cm³/mol. The predicted octanol–water partition coefficient (Wildman–Crippen LogP) is 1.67. The van der Waals surface area contributed by atoms with Crippen LogP contribution in [0.3, 0.4) is 0 Å². The number of rotatable bonds is 7. The Balaban J connectivity index is 0.821. The highest BCUT2D eigenvalue weighted by atomic mass is 19.1. The van der Waals surface area contributed by atoms with Gasteiger partial charge in [-0.25, -0.2) is 4.39 Å². The van der Waals surface area contributed by atoms with Gasteiger partial charge in [-0.05, 0) is 74.8 Å². The number of phenols is 1. The number of aromatic hydroxyl groups is 1. The Hall–Kier alpha value is -4.86. The number of imide groups is 1. The third kappa shape index (κ3) is 5.98. The van der Waals surface area contributed by atoms with Crippen molar-refractivity contribution in [2.24, 2.45) is 0 Å². The van der Waals surface area contributed by atoms with Crippen molar-refractivity contribution < 1.29 is 29.0 Å². The first-order valence-electron chi connectivity index (χ1n) is 17.3. The van der Waals surface area contributed by atoms with Gasteiger partial charge in [0.05, 0.1) is 34.6 Å². The number of piperidine rings is 2. The summed E-state index contributed by atoms with van der Waals surface area (Å²) in [7, 11) is 0. The van der Waals surface area contributed by atoms with E-state index >= 15 is 0 Å². The first-order valence-corrected chi connectivity index (χ1v) is 17.3. The monoisotopic (exact) mass is 685 g/mol. The molecule has 14 nitrogen and oxygen atoms in total. The molecular weight excluding hydrogens is 645 g/mol. The smallest absolute Gasteiger partial charge is 0.262 e. The number of benzene rings is 2. The van der Waals surface area contributed by atoms with Gasteiger partial charge < -0.3 is 36.0 Å². The molecule has 2 unspecified atom stereocenters. The van der Waals surface area contributed by atoms with Crippen molar-refractivity contribution >= 4 is 34.9 Å². The second-order valence-corrected chi connectivity index (χ2v) is 13.7. The minimum Gasteiger partial charge on any atom is -0.507 e. The van der Waals surface area contributed by atoms with Gasteiger partial charge >= 0.3 is 0 Å². The molecule has 3 amide bonds. The van der Waals surface area contributed by atoms with Crippen LogP contribution in [0.2, 0.25) is 0 Å². The second-order valence-electron chi connectivity index (χ2n) is 13.7. The maximum absolute atomic E-state index is 13.9. The molecule has 0 aliphatic carbocycles. The third-order valence-electron chi connectivity index (χ3n) is 10.8. The number of aliphatic hydroxyl groups excluding tert-OH is 1. The normalized spacial score (nSPS) is 24.4. The average molecular weight is 686 g/mol. The maximum atomic E-state index is 13.9. The van der Waals surface area contributed by atoms with Crippen LogP contribution in [0.1, 0.15) is 46.4 Å². The minimum absolute atomic E-state index is 0.0343. The number of phenolic OH excluding ortho intramolecular Hbond substituents is 1. The molecule has 15 heteroatoms. The van der Waals surface area contributed by atoms with Crippen molar-refractivity contribution in [3.63, 3.8) is 0 Å². The molecule has 0 spiro atoms. The summed E-state index contributed by atoms with van der Waals surface area (Å²) in [5.41, 5.74) is 3.05. The third-order valence-corrected chi connectivity index (χ3v) is 10.8. The number of piperazine rings is 1. The largest absolute Gasteiger partial charge is 0.507 e. The quantitative estimate of drug-likeness (QED) is 0.229. The molecule has 0 radical (unpaired) electrons. The molecule has 3 saturated heterocycles. The van der Waals surface area contributed by atoms with Crippen molar-refractivity contribution in [2.75, 3.05) is 67.9 Å². The number of halogens is 1. The number of hydrogen-bond donors (Lipinski definition) is 5. The van der Waals surface area contributed by atoms with Crippen LogP contribution in [0, 0.1) is 5.82 Å². The van der Waals surface area contributed by atoms with Crippen LogP contribution < -0.4 is 20.9 Å². The van der Waals surface area contributed by atoms with Gasteiger partial charge in [-0.3, -0.25) is 24.2 Å². The highest BCUT2D eigenvalue weighted by Crippen LogP contribution is 2.37. The lowest BCUT2D eigenvalue weighted by molar-refractivity contribution is -0.129. The number of aliphatic hydroxyl groups is 1. The summed E-state index contributed by atoms with van der Waals surface area (Å²) >= 11 is 0. The lowest BCUT2D eigenvalue weighted by Gasteiger charge is -2.49. The van der Waals surface area contributed by atoms with Crippen molar-refractivity contribution in [3.8, 4) is 17.0 Å². The first-order chi connectivity index (χ1) is 24.2. The van der Waals surface area contributed by atoms with Crippen LogP contribution in [0.4, 0.5) is 21.6 Å². The fourth-order valence-electron chi connectivity index (χ4n) is 8.07. The Labute approximate surface area is 288 Å². The molecule has 50 heavy (non-hydrogen) atoms. The Morgan fingerprint density at radius 1 is 0.900 bits per heavy atom. The van der Waals surface area contributed by atoms with Gasteiger partial charge in [0.25, 0.3) is 11.8 Å². The topological polar surface area (TPSA) is 166 Å². The average Bonchev–Trinajstić information content (AvgIpc) is 3.37. The molecule has 6 heterocycles. The summed E-state index contributed by atoms with van der Waals surface area (Å²) in [5, 5.41) is 38.5. The zero-order chi connectivity index (χ0) is 34.5. The van der Waals surface area contributed by atoms with Crippen LogP contribution in [-0.2, 0) is 4.79 Å². The number of carbonyl (C=O) groups is 3. The molecule has 0 bridgehead atoms. The van der Waals surface area contributed by atoms with Crippen LogP contribution in [0.5, 0.6) is 5.75 Å². The molecular formula is C35H40FN9O5. The molecule has 3 atom stereocenters. The summed E-state index contributed by atoms with van der Waals surface area (Å²) in [4.78, 5) is 46.3. The minimum atomic E-state index is -1.28. The maximum Gasteiger partial charge on any atom is 0.262 e. The van der Waals surface area contributed by atoms with Crippen molar-refractivity contribution in [3.05, 3.63) is 59.4 Å². The molecule has 8 rings (SSSR count). The first kappa shape index (κ1) is 32.4. The summed E-state index contributed by atoms with van der Waals surface area (Å²) in [5.74, 6) is -0.972. The highest BCUT2D eigenvalue weighted by molar-refractivity contribution is 6.22. The molecule has 262 valence electrons. The molecule has 2 aromatic carbocycles. The molecule has 5 N–H and O–H groups in total. The molecule has 5 aliphatic rings. The Morgan fingerprint density at radius 2 is 1.72 bits per heavy atom. The van der Waals surface area contributed by atoms with Gasteiger partial charge in [-0.15, -0.1) is 10.2 Å². The van der Waals surface area contributed by atoms with E-state index in [-0.39, 0.29) is 30.5 Å². The zero-order valence-electron chi connectivity index (χ0n) is 27.5. The zero-order valence-corrected chi connectivity index (χ0v) is 27.5. The van der Waals surface area contributed by atoms with Crippen molar-refractivity contribution in [1.82, 2.24) is 30.2 Å². The number of likely N-dealkylation sites (tertiary alicyclic amines) is 1. The van der Waals surface area contributed by atoms with Crippen LogP contribution >= 0.6 is 0 Å². The number of anilines is 3. The Morgan fingerprint density at radius 3 is 2.54 bits per heavy atom. The second kappa shape index (κ2) is 13.1. The Bertz CT molecular complexity index is 1840. The van der Waals surface area contributed by atoms with E-state index in [2.05, 4.69) is 40.8 Å². The standard InChI is InChI=1S/C35H40FN9O5/c36-20-1-5-30(46)26(15-20)27-17-29-32(41-40-27)38-18-23-19-43(13-14-44(23)29)22-7-10-42(11-8-22)12-9-37-21-2-3-24-25(16-21)35(50)45(34(24)49)28-4-6-31(47)39-33(28)48/h1-3,5,15-17,22-23,28,33,37,46,48H,4,6-14,18-19H2,(H,38,41)(H,39,47)/t23-,28?,33?/m0/s1. The number of aromatic nitrogens is 2. The summed E-state index contributed by atoms with van der Waals surface area (Å²) < 4.78 is 13.9. The van der Waals surface area contributed by atoms with Crippen LogP contribution in [0.25, 0.3) is 11.3 Å².